The predicted molar refractivity (Wildman–Crippen MR) is 106 cm³/mol. The third kappa shape index (κ3) is 3.78. The van der Waals surface area contributed by atoms with Gasteiger partial charge in [-0.1, -0.05) is 36.0 Å². The van der Waals surface area contributed by atoms with Crippen LogP contribution in [0.4, 0.5) is 0 Å². The van der Waals surface area contributed by atoms with Gasteiger partial charge in [-0.2, -0.15) is 0 Å². The number of hydrogen-bond acceptors (Lipinski definition) is 4. The number of aromatic nitrogens is 2. The molecule has 0 unspecified atom stereocenters. The van der Waals surface area contributed by atoms with Crippen LogP contribution >= 0.6 is 11.8 Å². The van der Waals surface area contributed by atoms with Gasteiger partial charge in [0, 0.05) is 23.5 Å². The number of allylic oxidation sites excluding steroid dienone is 2. The van der Waals surface area contributed by atoms with Gasteiger partial charge < -0.3 is 4.90 Å². The van der Waals surface area contributed by atoms with Gasteiger partial charge >= 0.3 is 0 Å². The van der Waals surface area contributed by atoms with Gasteiger partial charge in [0.25, 0.3) is 0 Å². The highest BCUT2D eigenvalue weighted by Gasteiger charge is 2.28. The fourth-order valence-corrected chi connectivity index (χ4v) is 4.41. The maximum atomic E-state index is 12.8. The molecule has 1 aromatic carbocycles. The first-order valence-corrected chi connectivity index (χ1v) is 10.6. The van der Waals surface area contributed by atoms with E-state index in [1.807, 2.05) is 23.1 Å². The van der Waals surface area contributed by atoms with Crippen LogP contribution < -0.4 is 0 Å². The Hall–Kier alpha value is -1.88. The Morgan fingerprint density at radius 2 is 2.08 bits per heavy atom. The zero-order chi connectivity index (χ0) is 17.9. The molecule has 0 bridgehead atoms. The van der Waals surface area contributed by atoms with Crippen molar-refractivity contribution in [2.24, 2.45) is 0 Å². The highest BCUT2D eigenvalue weighted by Crippen LogP contribution is 2.39. The third-order valence-corrected chi connectivity index (χ3v) is 6.07. The molecule has 1 amide bonds. The summed E-state index contributed by atoms with van der Waals surface area (Å²) >= 11 is 1.56. The number of rotatable bonds is 6. The first kappa shape index (κ1) is 17.5. The third-order valence-electron chi connectivity index (χ3n) is 5.09. The summed E-state index contributed by atoms with van der Waals surface area (Å²) in [5.74, 6) is 2.06. The molecular weight excluding hydrogens is 342 g/mol. The fraction of sp³-hybridized carbons (Fsp3) is 0.476. The van der Waals surface area contributed by atoms with E-state index in [-0.39, 0.29) is 5.91 Å². The van der Waals surface area contributed by atoms with Crippen LogP contribution in [0.25, 0.3) is 10.9 Å². The van der Waals surface area contributed by atoms with Gasteiger partial charge in [0.1, 0.15) is 10.9 Å². The molecule has 0 N–H and O–H groups in total. The second-order valence-corrected chi connectivity index (χ2v) is 8.01. The Bertz CT molecular complexity index is 844. The number of para-hydroxylation sites is 1. The number of carbonyl (C=O) groups excluding carboxylic acids is 1. The average molecular weight is 368 g/mol. The number of benzene rings is 1. The number of hydrogen-bond donors (Lipinski definition) is 0. The van der Waals surface area contributed by atoms with Crippen molar-refractivity contribution in [1.82, 2.24) is 14.9 Å². The van der Waals surface area contributed by atoms with Gasteiger partial charge in [-0.15, -0.1) is 0 Å². The second-order valence-electron chi connectivity index (χ2n) is 7.05. The summed E-state index contributed by atoms with van der Waals surface area (Å²) in [5.41, 5.74) is 2.19. The fourth-order valence-electron chi connectivity index (χ4n) is 3.51. The van der Waals surface area contributed by atoms with E-state index in [2.05, 4.69) is 19.1 Å². The molecule has 4 nitrogen and oxygen atoms in total. The molecule has 136 valence electrons. The van der Waals surface area contributed by atoms with Crippen LogP contribution in [0.2, 0.25) is 0 Å². The molecule has 26 heavy (non-hydrogen) atoms. The van der Waals surface area contributed by atoms with Gasteiger partial charge in [0.15, 0.2) is 0 Å². The van der Waals surface area contributed by atoms with E-state index in [1.54, 1.807) is 11.8 Å². The smallest absolute Gasteiger partial charge is 0.237 e. The number of carbonyl (C=O) groups is 1. The zero-order valence-electron chi connectivity index (χ0n) is 15.3. The van der Waals surface area contributed by atoms with Gasteiger partial charge in [-0.05, 0) is 51.5 Å². The monoisotopic (exact) mass is 367 g/mol. The van der Waals surface area contributed by atoms with Crippen molar-refractivity contribution in [2.45, 2.75) is 56.4 Å². The number of amides is 1. The molecule has 1 heterocycles. The quantitative estimate of drug-likeness (QED) is 0.538. The van der Waals surface area contributed by atoms with Gasteiger partial charge in [0.2, 0.25) is 5.91 Å². The Balaban J connectivity index is 1.53. The molecule has 0 radical (unpaired) electrons. The summed E-state index contributed by atoms with van der Waals surface area (Å²) in [7, 11) is 0. The molecule has 1 aromatic heterocycles. The first-order valence-electron chi connectivity index (χ1n) is 9.65. The van der Waals surface area contributed by atoms with Crippen LogP contribution in [0, 0.1) is 0 Å². The maximum Gasteiger partial charge on any atom is 0.237 e. The second kappa shape index (κ2) is 7.78. The summed E-state index contributed by atoms with van der Waals surface area (Å²) in [4.78, 5) is 24.3. The number of thioether (sulfide) groups is 1. The standard InChI is InChI=1S/C21H25N3OS/c1-2-24(16-8-4-3-5-9-16)19(25)14-26-21-17-10-6-7-11-18(17)22-20(23-21)15-12-13-15/h6-8,10-11,15H,2-5,9,12-14H2,1H3. The lowest BCUT2D eigenvalue weighted by atomic mass is 10.0. The van der Waals surface area contributed by atoms with Crippen molar-refractivity contribution < 1.29 is 4.79 Å². The summed E-state index contributed by atoms with van der Waals surface area (Å²) in [6.45, 7) is 2.80. The van der Waals surface area contributed by atoms with E-state index in [1.165, 1.54) is 31.4 Å². The largest absolute Gasteiger partial charge is 0.316 e. The molecule has 0 saturated heterocycles. The van der Waals surface area contributed by atoms with E-state index in [4.69, 9.17) is 9.97 Å². The molecule has 0 atom stereocenters. The average Bonchev–Trinajstić information content (AvgIpc) is 3.52. The van der Waals surface area contributed by atoms with E-state index < -0.39 is 0 Å². The molecule has 2 aromatic rings. The van der Waals surface area contributed by atoms with Gasteiger partial charge in [-0.25, -0.2) is 9.97 Å². The van der Waals surface area contributed by atoms with E-state index >= 15 is 0 Å². The van der Waals surface area contributed by atoms with Crippen molar-refractivity contribution in [3.05, 3.63) is 41.9 Å². The van der Waals surface area contributed by atoms with Crippen LogP contribution in [0.15, 0.2) is 41.1 Å². The molecular formula is C21H25N3OS. The van der Waals surface area contributed by atoms with E-state index in [0.29, 0.717) is 11.7 Å². The van der Waals surface area contributed by atoms with Crippen molar-refractivity contribution in [3.8, 4) is 0 Å². The maximum absolute atomic E-state index is 12.8. The van der Waals surface area contributed by atoms with Crippen LogP contribution in [0.3, 0.4) is 0 Å². The van der Waals surface area contributed by atoms with Crippen LogP contribution in [-0.4, -0.2) is 33.1 Å². The highest BCUT2D eigenvalue weighted by atomic mass is 32.2. The van der Waals surface area contributed by atoms with Crippen molar-refractivity contribution >= 4 is 28.6 Å². The van der Waals surface area contributed by atoms with Gasteiger partial charge in [-0.3, -0.25) is 4.79 Å². The Labute approximate surface area is 159 Å². The normalized spacial score (nSPS) is 17.2. The molecule has 1 saturated carbocycles. The Morgan fingerprint density at radius 3 is 2.81 bits per heavy atom. The number of nitrogens with zero attached hydrogens (tertiary/aromatic N) is 3. The van der Waals surface area contributed by atoms with Crippen molar-refractivity contribution in [2.75, 3.05) is 12.3 Å². The SMILES string of the molecule is CCN(C(=O)CSc1nc(C2CC2)nc2ccccc12)C1=CCCCC1. The molecule has 0 spiro atoms. The van der Waals surface area contributed by atoms with Gasteiger partial charge in [0.05, 0.1) is 11.3 Å². The molecule has 4 rings (SSSR count). The minimum atomic E-state index is 0.182. The van der Waals surface area contributed by atoms with Crippen molar-refractivity contribution in [1.29, 1.82) is 0 Å². The molecule has 2 aliphatic rings. The lowest BCUT2D eigenvalue weighted by Crippen LogP contribution is -2.32. The summed E-state index contributed by atoms with van der Waals surface area (Å²) in [6, 6.07) is 8.12. The number of fused-ring (bicyclic) bond motifs is 1. The minimum Gasteiger partial charge on any atom is -0.316 e. The molecule has 0 aliphatic heterocycles. The predicted octanol–water partition coefficient (Wildman–Crippen LogP) is 4.91. The topological polar surface area (TPSA) is 46.1 Å². The minimum absolute atomic E-state index is 0.182. The molecule has 5 heteroatoms. The first-order chi connectivity index (χ1) is 12.8. The highest BCUT2D eigenvalue weighted by molar-refractivity contribution is 8.00. The Morgan fingerprint density at radius 1 is 1.23 bits per heavy atom. The summed E-state index contributed by atoms with van der Waals surface area (Å²) in [5, 5.41) is 1.99. The molecule has 2 aliphatic carbocycles. The van der Waals surface area contributed by atoms with E-state index in [0.717, 1.165) is 41.1 Å². The summed E-state index contributed by atoms with van der Waals surface area (Å²) in [6.07, 6.45) is 9.13. The van der Waals surface area contributed by atoms with Crippen LogP contribution in [0.1, 0.15) is 57.2 Å². The Kier molecular flexibility index (Phi) is 5.25. The van der Waals surface area contributed by atoms with Crippen molar-refractivity contribution in [3.63, 3.8) is 0 Å². The summed E-state index contributed by atoms with van der Waals surface area (Å²) < 4.78 is 0. The zero-order valence-corrected chi connectivity index (χ0v) is 16.1. The van der Waals surface area contributed by atoms with E-state index in [9.17, 15) is 4.79 Å². The lowest BCUT2D eigenvalue weighted by Gasteiger charge is -2.26. The molecule has 1 fully saturated rings. The lowest BCUT2D eigenvalue weighted by molar-refractivity contribution is -0.126. The van der Waals surface area contributed by atoms with Crippen LogP contribution in [-0.2, 0) is 4.79 Å². The van der Waals surface area contributed by atoms with Crippen LogP contribution in [0.5, 0.6) is 0 Å².